The molecule has 0 saturated carbocycles. The molecule has 0 fully saturated rings. The molecule has 0 radical (unpaired) electrons. The van der Waals surface area contributed by atoms with Gasteiger partial charge in [0.15, 0.2) is 17.3 Å². The lowest BCUT2D eigenvalue weighted by Crippen LogP contribution is -2.04. The highest BCUT2D eigenvalue weighted by Gasteiger charge is 2.09. The average molecular weight is 282 g/mol. The zero-order valence-electron chi connectivity index (χ0n) is 9.76. The minimum absolute atomic E-state index is 0.0807. The summed E-state index contributed by atoms with van der Waals surface area (Å²) < 4.78 is 30.3. The molecule has 0 amide bonds. The van der Waals surface area contributed by atoms with E-state index in [1.54, 1.807) is 0 Å². The van der Waals surface area contributed by atoms with E-state index < -0.39 is 17.6 Å². The van der Waals surface area contributed by atoms with E-state index in [-0.39, 0.29) is 5.69 Å². The number of rotatable bonds is 3. The van der Waals surface area contributed by atoms with Crippen LogP contribution >= 0.6 is 11.8 Å². The van der Waals surface area contributed by atoms with Gasteiger partial charge in [0.05, 0.1) is 19.5 Å². The van der Waals surface area contributed by atoms with E-state index in [0.29, 0.717) is 9.92 Å². The second kappa shape index (κ2) is 5.75. The highest BCUT2D eigenvalue weighted by Crippen LogP contribution is 2.26. The lowest BCUT2D eigenvalue weighted by molar-refractivity contribution is 0.0593. The van der Waals surface area contributed by atoms with E-state index in [4.69, 9.17) is 0 Å². The van der Waals surface area contributed by atoms with Crippen LogP contribution in [0, 0.1) is 11.6 Å². The number of nitrogens with zero attached hydrogens (tertiary/aromatic N) is 2. The van der Waals surface area contributed by atoms with E-state index in [9.17, 15) is 13.6 Å². The minimum atomic E-state index is -0.927. The van der Waals surface area contributed by atoms with Crippen LogP contribution in [0.15, 0.2) is 40.5 Å². The quantitative estimate of drug-likeness (QED) is 0.810. The summed E-state index contributed by atoms with van der Waals surface area (Å²) in [7, 11) is 1.24. The maximum Gasteiger partial charge on any atom is 0.358 e. The van der Waals surface area contributed by atoms with Gasteiger partial charge in [-0.2, -0.15) is 0 Å². The van der Waals surface area contributed by atoms with Crippen LogP contribution in [0.4, 0.5) is 8.78 Å². The van der Waals surface area contributed by atoms with Crippen LogP contribution < -0.4 is 0 Å². The third kappa shape index (κ3) is 3.25. The van der Waals surface area contributed by atoms with E-state index in [2.05, 4.69) is 14.7 Å². The zero-order valence-corrected chi connectivity index (χ0v) is 10.6. The molecule has 0 unspecified atom stereocenters. The van der Waals surface area contributed by atoms with Gasteiger partial charge in [-0.05, 0) is 18.2 Å². The molecule has 2 aromatic rings. The standard InChI is InChI=1S/C12H8F2N2O2S/c1-18-12(17)10-5-16-11(6-15-10)19-7-2-3-8(13)9(14)4-7/h2-6H,1H3. The molecule has 0 aliphatic carbocycles. The number of carbonyl (C=O) groups excluding carboxylic acids is 1. The molecule has 0 aliphatic rings. The monoisotopic (exact) mass is 282 g/mol. The van der Waals surface area contributed by atoms with Gasteiger partial charge >= 0.3 is 5.97 Å². The number of carbonyl (C=O) groups is 1. The van der Waals surface area contributed by atoms with Gasteiger partial charge in [-0.25, -0.2) is 23.5 Å². The summed E-state index contributed by atoms with van der Waals surface area (Å²) >= 11 is 1.11. The molecule has 1 aromatic carbocycles. The molecular formula is C12H8F2N2O2S. The Morgan fingerprint density at radius 1 is 1.21 bits per heavy atom. The van der Waals surface area contributed by atoms with Gasteiger partial charge in [0, 0.05) is 4.90 Å². The number of esters is 1. The highest BCUT2D eigenvalue weighted by molar-refractivity contribution is 7.99. The first-order valence-electron chi connectivity index (χ1n) is 5.13. The van der Waals surface area contributed by atoms with Crippen LogP contribution in [0.25, 0.3) is 0 Å². The second-order valence-corrected chi connectivity index (χ2v) is 4.50. The fraction of sp³-hybridized carbons (Fsp3) is 0.0833. The molecule has 0 aliphatic heterocycles. The van der Waals surface area contributed by atoms with E-state index >= 15 is 0 Å². The van der Waals surface area contributed by atoms with Crippen LogP contribution in [0.2, 0.25) is 0 Å². The first-order chi connectivity index (χ1) is 9.10. The number of aromatic nitrogens is 2. The third-order valence-corrected chi connectivity index (χ3v) is 3.05. The number of hydrogen-bond acceptors (Lipinski definition) is 5. The fourth-order valence-corrected chi connectivity index (χ4v) is 1.99. The molecule has 19 heavy (non-hydrogen) atoms. The lowest BCUT2D eigenvalue weighted by Gasteiger charge is -2.02. The van der Waals surface area contributed by atoms with Crippen LogP contribution in [0.1, 0.15) is 10.5 Å². The van der Waals surface area contributed by atoms with E-state index in [1.807, 2.05) is 0 Å². The van der Waals surface area contributed by atoms with Gasteiger partial charge in [0.2, 0.25) is 0 Å². The molecule has 0 atom stereocenters. The first kappa shape index (κ1) is 13.4. The minimum Gasteiger partial charge on any atom is -0.464 e. The molecule has 7 heteroatoms. The second-order valence-electron chi connectivity index (χ2n) is 3.41. The first-order valence-corrected chi connectivity index (χ1v) is 5.95. The Kier molecular flexibility index (Phi) is 4.06. The Hall–Kier alpha value is -2.02. The van der Waals surface area contributed by atoms with Crippen LogP contribution in [-0.4, -0.2) is 23.0 Å². The maximum atomic E-state index is 13.0. The predicted molar refractivity (Wildman–Crippen MR) is 63.9 cm³/mol. The molecule has 0 bridgehead atoms. The predicted octanol–water partition coefficient (Wildman–Crippen LogP) is 2.69. The summed E-state index contributed by atoms with van der Waals surface area (Å²) in [6, 6.07) is 3.53. The Bertz CT molecular complexity index is 605. The van der Waals surface area contributed by atoms with Crippen molar-refractivity contribution in [3.8, 4) is 0 Å². The van der Waals surface area contributed by atoms with Gasteiger partial charge in [-0.15, -0.1) is 0 Å². The lowest BCUT2D eigenvalue weighted by atomic mass is 10.3. The Morgan fingerprint density at radius 2 is 2.00 bits per heavy atom. The van der Waals surface area contributed by atoms with Gasteiger partial charge in [-0.3, -0.25) is 0 Å². The van der Waals surface area contributed by atoms with E-state index in [1.165, 1.54) is 25.6 Å². The van der Waals surface area contributed by atoms with Crippen molar-refractivity contribution in [3.05, 3.63) is 47.9 Å². The molecule has 0 saturated heterocycles. The summed E-state index contributed by atoms with van der Waals surface area (Å²) in [4.78, 5) is 19.5. The van der Waals surface area contributed by atoms with Crippen LogP contribution in [0.5, 0.6) is 0 Å². The molecular weight excluding hydrogens is 274 g/mol. The van der Waals surface area contributed by atoms with Gasteiger partial charge in [0.1, 0.15) is 5.03 Å². The molecule has 2 rings (SSSR count). The van der Waals surface area contributed by atoms with Crippen molar-refractivity contribution in [3.63, 3.8) is 0 Å². The average Bonchev–Trinajstić information content (AvgIpc) is 2.43. The number of benzene rings is 1. The molecule has 0 N–H and O–H groups in total. The van der Waals surface area contributed by atoms with Crippen LogP contribution in [0.3, 0.4) is 0 Å². The highest BCUT2D eigenvalue weighted by atomic mass is 32.2. The van der Waals surface area contributed by atoms with Crippen molar-refractivity contribution >= 4 is 17.7 Å². The molecule has 1 heterocycles. The Labute approximate surface area is 111 Å². The van der Waals surface area contributed by atoms with Crippen molar-refractivity contribution in [1.29, 1.82) is 0 Å². The molecule has 1 aromatic heterocycles. The van der Waals surface area contributed by atoms with Crippen LogP contribution in [-0.2, 0) is 4.74 Å². The largest absolute Gasteiger partial charge is 0.464 e. The Morgan fingerprint density at radius 3 is 2.58 bits per heavy atom. The van der Waals surface area contributed by atoms with Crippen molar-refractivity contribution in [2.45, 2.75) is 9.92 Å². The topological polar surface area (TPSA) is 52.1 Å². The number of ether oxygens (including phenoxy) is 1. The summed E-state index contributed by atoms with van der Waals surface area (Å²) in [6.07, 6.45) is 2.62. The summed E-state index contributed by atoms with van der Waals surface area (Å²) in [6.45, 7) is 0. The van der Waals surface area contributed by atoms with Crippen molar-refractivity contribution in [2.75, 3.05) is 7.11 Å². The summed E-state index contributed by atoms with van der Waals surface area (Å²) in [5.74, 6) is -2.42. The van der Waals surface area contributed by atoms with Crippen molar-refractivity contribution < 1.29 is 18.3 Å². The molecule has 4 nitrogen and oxygen atoms in total. The SMILES string of the molecule is COC(=O)c1cnc(Sc2ccc(F)c(F)c2)cn1. The van der Waals surface area contributed by atoms with Crippen molar-refractivity contribution in [2.24, 2.45) is 0 Å². The van der Waals surface area contributed by atoms with Gasteiger partial charge in [-0.1, -0.05) is 11.8 Å². The van der Waals surface area contributed by atoms with Gasteiger partial charge in [0.25, 0.3) is 0 Å². The molecule has 98 valence electrons. The molecule has 0 spiro atoms. The number of hydrogen-bond donors (Lipinski definition) is 0. The normalized spacial score (nSPS) is 10.3. The maximum absolute atomic E-state index is 13.0. The fourth-order valence-electron chi connectivity index (χ4n) is 1.24. The third-order valence-electron chi connectivity index (χ3n) is 2.14. The zero-order chi connectivity index (χ0) is 13.8. The van der Waals surface area contributed by atoms with Crippen molar-refractivity contribution in [1.82, 2.24) is 9.97 Å². The summed E-state index contributed by atoms with van der Waals surface area (Å²) in [5.41, 5.74) is 0.0807. The van der Waals surface area contributed by atoms with E-state index in [0.717, 1.165) is 23.9 Å². The smallest absolute Gasteiger partial charge is 0.358 e. The summed E-state index contributed by atoms with van der Waals surface area (Å²) in [5, 5.41) is 0.457. The number of halogens is 2. The van der Waals surface area contributed by atoms with Gasteiger partial charge < -0.3 is 4.74 Å². The number of methoxy groups -OCH3 is 1. The Balaban J connectivity index is 2.15.